The van der Waals surface area contributed by atoms with Crippen molar-refractivity contribution >= 4 is 25.9 Å². The molecule has 17 heavy (non-hydrogen) atoms. The standard InChI is InChI=1S/C7H8N2O6S2/c1-8-9-5-3-2-4-6(16(10,11)12)7(5)17(13,14)15/h2-4H,1H3,(H,10,11,12)(H,13,14,15). The van der Waals surface area contributed by atoms with Gasteiger partial charge in [0.2, 0.25) is 0 Å². The Kier molecular flexibility index (Phi) is 3.62. The number of benzene rings is 1. The molecule has 2 N–H and O–H groups in total. The smallest absolute Gasteiger partial charge is 0.282 e. The number of hydrogen-bond acceptors (Lipinski definition) is 6. The molecule has 0 aromatic heterocycles. The minimum absolute atomic E-state index is 0.384. The second-order valence-electron chi connectivity index (χ2n) is 2.85. The first-order chi connectivity index (χ1) is 7.68. The molecule has 0 atom stereocenters. The average molecular weight is 280 g/mol. The van der Waals surface area contributed by atoms with Crippen LogP contribution in [0, 0.1) is 0 Å². The van der Waals surface area contributed by atoms with Gasteiger partial charge in [-0.15, -0.1) is 0 Å². The van der Waals surface area contributed by atoms with Crippen LogP contribution in [0.4, 0.5) is 5.69 Å². The second kappa shape index (κ2) is 4.49. The van der Waals surface area contributed by atoms with Crippen LogP contribution in [0.2, 0.25) is 0 Å². The van der Waals surface area contributed by atoms with E-state index in [9.17, 15) is 16.8 Å². The van der Waals surface area contributed by atoms with Gasteiger partial charge in [0.1, 0.15) is 15.5 Å². The molecule has 0 saturated heterocycles. The van der Waals surface area contributed by atoms with Crippen molar-refractivity contribution in [1.82, 2.24) is 0 Å². The van der Waals surface area contributed by atoms with Crippen LogP contribution in [0.25, 0.3) is 0 Å². The van der Waals surface area contributed by atoms with Crippen LogP contribution in [0.1, 0.15) is 0 Å². The molecule has 0 fully saturated rings. The van der Waals surface area contributed by atoms with Crippen molar-refractivity contribution < 1.29 is 25.9 Å². The highest BCUT2D eigenvalue weighted by molar-refractivity contribution is 7.89. The van der Waals surface area contributed by atoms with Gasteiger partial charge in [-0.1, -0.05) is 6.07 Å². The van der Waals surface area contributed by atoms with Crippen molar-refractivity contribution in [1.29, 1.82) is 0 Å². The number of azo groups is 1. The Morgan fingerprint density at radius 3 is 2.06 bits per heavy atom. The van der Waals surface area contributed by atoms with Gasteiger partial charge in [-0.25, -0.2) is 0 Å². The lowest BCUT2D eigenvalue weighted by Gasteiger charge is -2.06. The molecule has 10 heteroatoms. The largest absolute Gasteiger partial charge is 0.298 e. The van der Waals surface area contributed by atoms with E-state index in [4.69, 9.17) is 9.11 Å². The Morgan fingerprint density at radius 1 is 1.06 bits per heavy atom. The van der Waals surface area contributed by atoms with E-state index in [1.165, 1.54) is 7.05 Å². The molecule has 8 nitrogen and oxygen atoms in total. The lowest BCUT2D eigenvalue weighted by Crippen LogP contribution is -2.08. The molecular weight excluding hydrogens is 272 g/mol. The topological polar surface area (TPSA) is 133 Å². The first-order valence-electron chi connectivity index (χ1n) is 4.05. The van der Waals surface area contributed by atoms with Crippen LogP contribution >= 0.6 is 0 Å². The predicted molar refractivity (Wildman–Crippen MR) is 56.5 cm³/mol. The molecule has 0 aliphatic heterocycles. The Balaban J connectivity index is 3.83. The monoisotopic (exact) mass is 280 g/mol. The summed E-state index contributed by atoms with van der Waals surface area (Å²) in [5, 5.41) is 6.63. The highest BCUT2D eigenvalue weighted by Crippen LogP contribution is 2.30. The van der Waals surface area contributed by atoms with Crippen LogP contribution in [-0.2, 0) is 20.2 Å². The van der Waals surface area contributed by atoms with Gasteiger partial charge in [0.25, 0.3) is 20.2 Å². The molecule has 0 saturated carbocycles. The van der Waals surface area contributed by atoms with Gasteiger partial charge in [0, 0.05) is 7.05 Å². The summed E-state index contributed by atoms with van der Waals surface area (Å²) in [5.41, 5.74) is -0.384. The van der Waals surface area contributed by atoms with Gasteiger partial charge in [0.05, 0.1) is 0 Å². The summed E-state index contributed by atoms with van der Waals surface area (Å²) < 4.78 is 61.9. The molecule has 1 aromatic carbocycles. The van der Waals surface area contributed by atoms with Gasteiger partial charge in [-0.2, -0.15) is 27.1 Å². The van der Waals surface area contributed by atoms with Crippen LogP contribution in [0.15, 0.2) is 38.2 Å². The van der Waals surface area contributed by atoms with Crippen LogP contribution in [-0.4, -0.2) is 33.0 Å². The zero-order valence-corrected chi connectivity index (χ0v) is 10.1. The highest BCUT2D eigenvalue weighted by atomic mass is 32.2. The Labute approximate surface area is 97.5 Å². The van der Waals surface area contributed by atoms with E-state index in [0.717, 1.165) is 18.2 Å². The molecule has 1 aromatic rings. The van der Waals surface area contributed by atoms with Crippen molar-refractivity contribution in [2.24, 2.45) is 10.2 Å². The normalized spacial score (nSPS) is 13.1. The Bertz CT molecular complexity index is 662. The molecule has 0 unspecified atom stereocenters. The molecule has 0 spiro atoms. The lowest BCUT2D eigenvalue weighted by atomic mass is 10.3. The molecule has 0 aliphatic carbocycles. The Hall–Kier alpha value is -1.36. The van der Waals surface area contributed by atoms with Gasteiger partial charge in [0.15, 0.2) is 0 Å². The fourth-order valence-electron chi connectivity index (χ4n) is 1.15. The minimum atomic E-state index is -4.86. The van der Waals surface area contributed by atoms with E-state index in [1.54, 1.807) is 0 Å². The van der Waals surface area contributed by atoms with Gasteiger partial charge >= 0.3 is 0 Å². The SMILES string of the molecule is CN=Nc1cccc(S(=O)(=O)O)c1S(=O)(=O)O. The third kappa shape index (κ3) is 3.06. The van der Waals surface area contributed by atoms with Crippen molar-refractivity contribution in [2.45, 2.75) is 9.79 Å². The molecule has 0 bridgehead atoms. The van der Waals surface area contributed by atoms with Gasteiger partial charge < -0.3 is 0 Å². The van der Waals surface area contributed by atoms with Crippen molar-refractivity contribution in [3.8, 4) is 0 Å². The summed E-state index contributed by atoms with van der Waals surface area (Å²) in [6, 6.07) is 3.11. The second-order valence-corrected chi connectivity index (χ2v) is 5.60. The van der Waals surface area contributed by atoms with Crippen LogP contribution in [0.3, 0.4) is 0 Å². The summed E-state index contributed by atoms with van der Waals surface area (Å²) in [6.07, 6.45) is 0. The maximum atomic E-state index is 11.1. The van der Waals surface area contributed by atoms with E-state index in [2.05, 4.69) is 10.2 Å². The fraction of sp³-hybridized carbons (Fsp3) is 0.143. The minimum Gasteiger partial charge on any atom is -0.282 e. The zero-order chi connectivity index (χ0) is 13.3. The maximum absolute atomic E-state index is 11.1. The quantitative estimate of drug-likeness (QED) is 0.624. The van der Waals surface area contributed by atoms with Crippen molar-refractivity contribution in [3.63, 3.8) is 0 Å². The number of hydrogen-bond donors (Lipinski definition) is 2. The third-order valence-electron chi connectivity index (χ3n) is 1.70. The molecule has 0 radical (unpaired) electrons. The van der Waals surface area contributed by atoms with Crippen LogP contribution in [0.5, 0.6) is 0 Å². The van der Waals surface area contributed by atoms with E-state index in [-0.39, 0.29) is 5.69 Å². The van der Waals surface area contributed by atoms with Gasteiger partial charge in [-0.05, 0) is 12.1 Å². The van der Waals surface area contributed by atoms with Crippen molar-refractivity contribution in [3.05, 3.63) is 18.2 Å². The van der Waals surface area contributed by atoms with Crippen molar-refractivity contribution in [2.75, 3.05) is 7.05 Å². The summed E-state index contributed by atoms with van der Waals surface area (Å²) in [4.78, 5) is -1.96. The summed E-state index contributed by atoms with van der Waals surface area (Å²) in [7, 11) is -8.43. The highest BCUT2D eigenvalue weighted by Gasteiger charge is 2.27. The maximum Gasteiger partial charge on any atom is 0.298 e. The predicted octanol–water partition coefficient (Wildman–Crippen LogP) is 0.894. The summed E-state index contributed by atoms with van der Waals surface area (Å²) in [5.74, 6) is 0. The molecular formula is C7H8N2O6S2. The number of nitrogens with zero attached hydrogens (tertiary/aromatic N) is 2. The Morgan fingerprint density at radius 2 is 1.65 bits per heavy atom. The first-order valence-corrected chi connectivity index (χ1v) is 6.94. The molecule has 0 heterocycles. The van der Waals surface area contributed by atoms with E-state index in [0.29, 0.717) is 0 Å². The van der Waals surface area contributed by atoms with E-state index < -0.39 is 30.0 Å². The lowest BCUT2D eigenvalue weighted by molar-refractivity contribution is 0.466. The fourth-order valence-corrected chi connectivity index (χ4v) is 3.07. The molecule has 0 aliphatic rings. The first kappa shape index (κ1) is 13.7. The molecule has 0 amide bonds. The average Bonchev–Trinajstić information content (AvgIpc) is 2.14. The number of rotatable bonds is 3. The van der Waals surface area contributed by atoms with E-state index in [1.807, 2.05) is 0 Å². The van der Waals surface area contributed by atoms with Gasteiger partial charge in [-0.3, -0.25) is 9.11 Å². The zero-order valence-electron chi connectivity index (χ0n) is 8.47. The third-order valence-corrected chi connectivity index (χ3v) is 3.67. The summed E-state index contributed by atoms with van der Waals surface area (Å²) in [6.45, 7) is 0. The van der Waals surface area contributed by atoms with Crippen LogP contribution < -0.4 is 0 Å². The molecule has 1 rings (SSSR count). The molecule has 94 valence electrons. The summed E-state index contributed by atoms with van der Waals surface area (Å²) >= 11 is 0. The van der Waals surface area contributed by atoms with E-state index >= 15 is 0 Å².